The first-order valence-electron chi connectivity index (χ1n) is 7.29. The molecule has 0 aliphatic heterocycles. The number of benzene rings is 2. The summed E-state index contributed by atoms with van der Waals surface area (Å²) in [6.45, 7) is 2.76. The molecular formula is C18H21Cl2N3S2. The molecule has 134 valence electrons. The topological polar surface area (TPSA) is 64.1 Å². The molecule has 3 rings (SSSR count). The average Bonchev–Trinajstić information content (AvgIpc) is 2.99. The summed E-state index contributed by atoms with van der Waals surface area (Å²) in [5, 5.41) is 7.71. The average molecular weight is 414 g/mol. The maximum Gasteiger partial charge on any atom is 0.0481 e. The third kappa shape index (κ3) is 4.76. The number of hydrogen-bond donors (Lipinski definition) is 4. The van der Waals surface area contributed by atoms with Crippen molar-refractivity contribution in [3.05, 3.63) is 58.3 Å². The first-order valence-corrected chi connectivity index (χ1v) is 8.68. The van der Waals surface area contributed by atoms with Gasteiger partial charge in [0, 0.05) is 34.1 Å². The van der Waals surface area contributed by atoms with E-state index < -0.39 is 0 Å². The van der Waals surface area contributed by atoms with Crippen LogP contribution in [0, 0.1) is 6.92 Å². The second-order valence-electron chi connectivity index (χ2n) is 5.48. The van der Waals surface area contributed by atoms with Crippen molar-refractivity contribution in [2.75, 3.05) is 16.8 Å². The van der Waals surface area contributed by atoms with Gasteiger partial charge in [-0.1, -0.05) is 12.1 Å². The van der Waals surface area contributed by atoms with Crippen molar-refractivity contribution in [1.82, 2.24) is 0 Å². The zero-order valence-corrected chi connectivity index (χ0v) is 17.0. The predicted octanol–water partition coefficient (Wildman–Crippen LogP) is 5.63. The summed E-state index contributed by atoms with van der Waals surface area (Å²) >= 11 is 6.23. The van der Waals surface area contributed by atoms with Crippen LogP contribution in [0.1, 0.15) is 11.1 Å². The molecule has 3 aromatic rings. The van der Waals surface area contributed by atoms with E-state index in [1.54, 1.807) is 11.3 Å². The molecule has 2 aromatic carbocycles. The molecule has 0 amide bonds. The van der Waals surface area contributed by atoms with Crippen LogP contribution in [0.25, 0.3) is 11.1 Å². The van der Waals surface area contributed by atoms with Gasteiger partial charge in [0.15, 0.2) is 0 Å². The molecule has 1 heterocycles. The normalized spacial score (nSPS) is 9.84. The monoisotopic (exact) mass is 413 g/mol. The first kappa shape index (κ1) is 21.5. The van der Waals surface area contributed by atoms with Gasteiger partial charge in [-0.05, 0) is 58.6 Å². The van der Waals surface area contributed by atoms with Crippen LogP contribution in [-0.4, -0.2) is 0 Å². The lowest BCUT2D eigenvalue weighted by Crippen LogP contribution is -2.02. The van der Waals surface area contributed by atoms with Gasteiger partial charge in [0.2, 0.25) is 0 Å². The Balaban J connectivity index is 0.00000156. The lowest BCUT2D eigenvalue weighted by atomic mass is 10.0. The van der Waals surface area contributed by atoms with Crippen molar-refractivity contribution < 1.29 is 0 Å². The standard InChI is InChI=1S/C18H19N3S2.2ClH/c1-11-3-2-4-17(18(11)22)21-8-12-9-23-10-15(12)14-7-13(19)5-6-16(14)20;;/h2-7,9-10,21-22H,8,19-20H2,1H3;2*1H. The largest absolute Gasteiger partial charge is 0.399 e. The minimum atomic E-state index is 0. The van der Waals surface area contributed by atoms with E-state index in [4.69, 9.17) is 11.5 Å². The highest BCUT2D eigenvalue weighted by Gasteiger charge is 2.11. The summed E-state index contributed by atoms with van der Waals surface area (Å²) in [6.07, 6.45) is 0. The summed E-state index contributed by atoms with van der Waals surface area (Å²) in [6, 6.07) is 11.7. The summed E-state index contributed by atoms with van der Waals surface area (Å²) in [5.41, 5.74) is 19.0. The van der Waals surface area contributed by atoms with Gasteiger partial charge in [-0.2, -0.15) is 11.3 Å². The van der Waals surface area contributed by atoms with E-state index in [1.807, 2.05) is 30.3 Å². The number of anilines is 3. The molecule has 0 bridgehead atoms. The molecule has 0 aliphatic carbocycles. The maximum absolute atomic E-state index is 6.12. The Bertz CT molecular complexity index is 850. The fourth-order valence-corrected chi connectivity index (χ4v) is 3.58. The van der Waals surface area contributed by atoms with Gasteiger partial charge in [-0.3, -0.25) is 0 Å². The van der Waals surface area contributed by atoms with Crippen molar-refractivity contribution in [2.24, 2.45) is 0 Å². The summed E-state index contributed by atoms with van der Waals surface area (Å²) < 4.78 is 0. The number of thiophene rings is 1. The van der Waals surface area contributed by atoms with Gasteiger partial charge in [-0.15, -0.1) is 37.4 Å². The van der Waals surface area contributed by atoms with E-state index in [-0.39, 0.29) is 24.8 Å². The lowest BCUT2D eigenvalue weighted by molar-refractivity contribution is 1.13. The van der Waals surface area contributed by atoms with Gasteiger partial charge < -0.3 is 16.8 Å². The van der Waals surface area contributed by atoms with Gasteiger partial charge in [-0.25, -0.2) is 0 Å². The number of hydrogen-bond acceptors (Lipinski definition) is 5. The number of thiol groups is 1. The molecule has 0 atom stereocenters. The SMILES string of the molecule is Cc1cccc(NCc2cscc2-c2cc(N)ccc2N)c1S.Cl.Cl. The smallest absolute Gasteiger partial charge is 0.0481 e. The van der Waals surface area contributed by atoms with Gasteiger partial charge >= 0.3 is 0 Å². The highest BCUT2D eigenvalue weighted by molar-refractivity contribution is 7.80. The minimum absolute atomic E-state index is 0. The zero-order valence-electron chi connectivity index (χ0n) is 13.7. The van der Waals surface area contributed by atoms with Gasteiger partial charge in [0.25, 0.3) is 0 Å². The number of nitrogens with one attached hydrogen (secondary N) is 1. The second kappa shape index (κ2) is 9.25. The molecule has 0 spiro atoms. The van der Waals surface area contributed by atoms with Crippen LogP contribution in [0.5, 0.6) is 0 Å². The zero-order chi connectivity index (χ0) is 16.4. The van der Waals surface area contributed by atoms with E-state index in [1.165, 1.54) is 5.56 Å². The van der Waals surface area contributed by atoms with Gasteiger partial charge in [0.1, 0.15) is 0 Å². The highest BCUT2D eigenvalue weighted by atomic mass is 35.5. The molecular weight excluding hydrogens is 393 g/mol. The predicted molar refractivity (Wildman–Crippen MR) is 119 cm³/mol. The number of aryl methyl sites for hydroxylation is 1. The fraction of sp³-hybridized carbons (Fsp3) is 0.111. The van der Waals surface area contributed by atoms with Crippen LogP contribution < -0.4 is 16.8 Å². The molecule has 0 saturated carbocycles. The van der Waals surface area contributed by atoms with E-state index in [0.717, 1.165) is 38.6 Å². The molecule has 7 heteroatoms. The molecule has 25 heavy (non-hydrogen) atoms. The van der Waals surface area contributed by atoms with Gasteiger partial charge in [0.05, 0.1) is 0 Å². The summed E-state index contributed by atoms with van der Waals surface area (Å²) in [5.74, 6) is 0. The van der Waals surface area contributed by atoms with Crippen molar-refractivity contribution in [2.45, 2.75) is 18.4 Å². The van der Waals surface area contributed by atoms with E-state index >= 15 is 0 Å². The molecule has 0 saturated heterocycles. The maximum atomic E-state index is 6.12. The third-order valence-corrected chi connectivity index (χ3v) is 5.20. The second-order valence-corrected chi connectivity index (χ2v) is 6.67. The summed E-state index contributed by atoms with van der Waals surface area (Å²) in [7, 11) is 0. The molecule has 0 fully saturated rings. The Morgan fingerprint density at radius 3 is 2.56 bits per heavy atom. The molecule has 0 aliphatic rings. The third-order valence-electron chi connectivity index (χ3n) is 3.82. The Morgan fingerprint density at radius 1 is 1.04 bits per heavy atom. The fourth-order valence-electron chi connectivity index (χ4n) is 2.50. The molecule has 5 N–H and O–H groups in total. The number of rotatable bonds is 4. The van der Waals surface area contributed by atoms with Crippen LogP contribution in [0.15, 0.2) is 52.1 Å². The minimum Gasteiger partial charge on any atom is -0.399 e. The van der Waals surface area contributed by atoms with Crippen LogP contribution in [0.2, 0.25) is 0 Å². The van der Waals surface area contributed by atoms with Crippen LogP contribution in [-0.2, 0) is 6.54 Å². The number of halogens is 2. The summed E-state index contributed by atoms with van der Waals surface area (Å²) in [4.78, 5) is 0.979. The number of nitrogens with two attached hydrogens (primary N) is 2. The Kier molecular flexibility index (Phi) is 7.96. The van der Waals surface area contributed by atoms with E-state index in [2.05, 4.69) is 41.7 Å². The Morgan fingerprint density at radius 2 is 1.80 bits per heavy atom. The molecule has 1 aromatic heterocycles. The van der Waals surface area contributed by atoms with Crippen molar-refractivity contribution in [3.63, 3.8) is 0 Å². The lowest BCUT2D eigenvalue weighted by Gasteiger charge is -2.12. The van der Waals surface area contributed by atoms with Crippen molar-refractivity contribution in [1.29, 1.82) is 0 Å². The van der Waals surface area contributed by atoms with Crippen molar-refractivity contribution >= 4 is 65.8 Å². The number of nitrogen functional groups attached to an aromatic ring is 2. The molecule has 0 unspecified atom stereocenters. The quantitative estimate of drug-likeness (QED) is 0.330. The Labute approximate surface area is 170 Å². The van der Waals surface area contributed by atoms with E-state index in [0.29, 0.717) is 6.54 Å². The van der Waals surface area contributed by atoms with E-state index in [9.17, 15) is 0 Å². The van der Waals surface area contributed by atoms with Crippen molar-refractivity contribution in [3.8, 4) is 11.1 Å². The Hall–Kier alpha value is -1.53. The molecule has 3 nitrogen and oxygen atoms in total. The highest BCUT2D eigenvalue weighted by Crippen LogP contribution is 2.34. The van der Waals surface area contributed by atoms with Crippen LogP contribution in [0.3, 0.4) is 0 Å². The van der Waals surface area contributed by atoms with Crippen LogP contribution >= 0.6 is 48.8 Å². The molecule has 0 radical (unpaired) electrons. The van der Waals surface area contributed by atoms with Crippen LogP contribution in [0.4, 0.5) is 17.1 Å². The first-order chi connectivity index (χ1) is 11.1.